The lowest BCUT2D eigenvalue weighted by molar-refractivity contribution is -0.137. The van der Waals surface area contributed by atoms with Crippen LogP contribution in [0.2, 0.25) is 0 Å². The summed E-state index contributed by atoms with van der Waals surface area (Å²) in [6.07, 6.45) is 2.40. The lowest BCUT2D eigenvalue weighted by atomic mass is 9.97. The van der Waals surface area contributed by atoms with E-state index in [0.717, 1.165) is 61.1 Å². The molecule has 0 radical (unpaired) electrons. The summed E-state index contributed by atoms with van der Waals surface area (Å²) in [4.78, 5) is 11.2. The van der Waals surface area contributed by atoms with Gasteiger partial charge < -0.3 is 9.47 Å². The van der Waals surface area contributed by atoms with Crippen molar-refractivity contribution in [3.63, 3.8) is 0 Å². The highest BCUT2D eigenvalue weighted by Gasteiger charge is 2.57. The minimum atomic E-state index is -4.27. The molecule has 2 fully saturated rings. The van der Waals surface area contributed by atoms with E-state index in [0.29, 0.717) is 17.4 Å². The maximum Gasteiger partial charge on any atom is 0.416 e. The highest BCUT2D eigenvalue weighted by atomic mass is 32.2. The van der Waals surface area contributed by atoms with Gasteiger partial charge in [-0.05, 0) is 68.3 Å². The Kier molecular flexibility index (Phi) is 6.14. The Hall–Kier alpha value is -2.46. The molecule has 1 saturated carbocycles. The second kappa shape index (κ2) is 8.96. The Morgan fingerprint density at radius 3 is 2.62 bits per heavy atom. The molecule has 2 aliphatic rings. The largest absolute Gasteiger partial charge is 0.416 e. The molecule has 180 valence electrons. The smallest absolute Gasteiger partial charge is 0.304 e. The van der Waals surface area contributed by atoms with Crippen LogP contribution in [-0.4, -0.2) is 55.0 Å². The number of hydrogen-bond acceptors (Lipinski definition) is 6. The van der Waals surface area contributed by atoms with Gasteiger partial charge in [0.25, 0.3) is 0 Å². The molecule has 0 bridgehead atoms. The fourth-order valence-corrected chi connectivity index (χ4v) is 5.81. The van der Waals surface area contributed by atoms with Crippen molar-refractivity contribution in [1.82, 2.24) is 29.6 Å². The number of benzene rings is 1. The fourth-order valence-electron chi connectivity index (χ4n) is 4.97. The molecule has 1 spiro atoms. The summed E-state index contributed by atoms with van der Waals surface area (Å²) in [6.45, 7) is 5.00. The molecule has 2 unspecified atom stereocenters. The normalized spacial score (nSPS) is 22.6. The summed E-state index contributed by atoms with van der Waals surface area (Å²) < 4.78 is 40.4. The van der Waals surface area contributed by atoms with E-state index in [9.17, 15) is 13.2 Å². The van der Waals surface area contributed by atoms with Gasteiger partial charge in [-0.3, -0.25) is 4.98 Å². The van der Waals surface area contributed by atoms with Crippen LogP contribution in [0.5, 0.6) is 0 Å². The topological polar surface area (TPSA) is 59.7 Å². The number of hydrogen-bond donors (Lipinski definition) is 0. The van der Waals surface area contributed by atoms with E-state index in [-0.39, 0.29) is 5.41 Å². The minimum Gasteiger partial charge on any atom is -0.304 e. The number of likely N-dealkylation sites (tertiary alicyclic amines) is 1. The molecule has 3 aromatic rings. The van der Waals surface area contributed by atoms with Crippen molar-refractivity contribution in [2.24, 2.45) is 12.5 Å². The predicted octanol–water partition coefficient (Wildman–Crippen LogP) is 4.96. The summed E-state index contributed by atoms with van der Waals surface area (Å²) in [7, 11) is 1.94. The molecule has 0 N–H and O–H groups in total. The minimum absolute atomic E-state index is 0.250. The Balaban J connectivity index is 1.09. The van der Waals surface area contributed by atoms with Crippen LogP contribution >= 0.6 is 11.8 Å². The number of rotatable bonds is 7. The highest BCUT2D eigenvalue weighted by Crippen LogP contribution is 2.64. The van der Waals surface area contributed by atoms with Crippen molar-refractivity contribution in [3.05, 3.63) is 53.5 Å². The van der Waals surface area contributed by atoms with E-state index in [2.05, 4.69) is 25.1 Å². The third-order valence-electron chi connectivity index (χ3n) is 6.99. The zero-order valence-corrected chi connectivity index (χ0v) is 20.0. The van der Waals surface area contributed by atoms with Crippen molar-refractivity contribution in [3.8, 4) is 11.5 Å². The van der Waals surface area contributed by atoms with Crippen molar-refractivity contribution in [2.45, 2.75) is 43.4 Å². The molecule has 2 aromatic heterocycles. The number of alkyl halides is 3. The summed E-state index contributed by atoms with van der Waals surface area (Å²) >= 11 is 1.69. The van der Waals surface area contributed by atoms with Crippen LogP contribution in [0.15, 0.2) is 41.8 Å². The summed E-state index contributed by atoms with van der Waals surface area (Å²) in [5.41, 5.74) is 2.29. The van der Waals surface area contributed by atoms with Gasteiger partial charge in [-0.1, -0.05) is 23.9 Å². The number of aryl methyl sites for hydroxylation is 1. The Labute approximate surface area is 201 Å². The number of aromatic nitrogens is 5. The first-order valence-electron chi connectivity index (χ1n) is 11.5. The van der Waals surface area contributed by atoms with Crippen LogP contribution in [-0.2, 0) is 13.2 Å². The Bertz CT molecular complexity index is 1150. The van der Waals surface area contributed by atoms with Crippen molar-refractivity contribution in [1.29, 1.82) is 0 Å². The first-order chi connectivity index (χ1) is 16.2. The molecule has 0 amide bonds. The molecule has 1 aliphatic heterocycles. The third kappa shape index (κ3) is 4.70. The van der Waals surface area contributed by atoms with Gasteiger partial charge in [-0.25, -0.2) is 4.98 Å². The van der Waals surface area contributed by atoms with Gasteiger partial charge in [0.1, 0.15) is 5.69 Å². The number of halogens is 3. The zero-order chi connectivity index (χ0) is 23.9. The maximum absolute atomic E-state index is 12.8. The fraction of sp³-hybridized carbons (Fsp3) is 0.500. The summed E-state index contributed by atoms with van der Waals surface area (Å²) in [5, 5.41) is 9.44. The van der Waals surface area contributed by atoms with Crippen molar-refractivity contribution < 1.29 is 13.2 Å². The first kappa shape index (κ1) is 23.3. The monoisotopic (exact) mass is 488 g/mol. The van der Waals surface area contributed by atoms with Gasteiger partial charge in [0.2, 0.25) is 0 Å². The lowest BCUT2D eigenvalue weighted by Crippen LogP contribution is -2.23. The number of nitrogens with zero attached hydrogens (tertiary/aromatic N) is 6. The van der Waals surface area contributed by atoms with Gasteiger partial charge in [-0.2, -0.15) is 13.2 Å². The van der Waals surface area contributed by atoms with Gasteiger partial charge in [0, 0.05) is 25.5 Å². The van der Waals surface area contributed by atoms with E-state index in [1.54, 1.807) is 36.3 Å². The van der Waals surface area contributed by atoms with E-state index in [1.165, 1.54) is 12.1 Å². The van der Waals surface area contributed by atoms with Crippen LogP contribution in [0.25, 0.3) is 11.5 Å². The highest BCUT2D eigenvalue weighted by molar-refractivity contribution is 7.99. The molecule has 3 heterocycles. The SMILES string of the molecule is Cc1cnc(-c2nnc(SCCCN3CCC4(CC4c4ccc(C(F)(F)F)cc4)C3)n2C)cn1. The van der Waals surface area contributed by atoms with Gasteiger partial charge >= 0.3 is 6.18 Å². The molecular formula is C24H27F3N6S. The molecule has 34 heavy (non-hydrogen) atoms. The van der Waals surface area contributed by atoms with Crippen LogP contribution in [0.1, 0.15) is 42.0 Å². The molecular weight excluding hydrogens is 461 g/mol. The van der Waals surface area contributed by atoms with E-state index in [4.69, 9.17) is 0 Å². The van der Waals surface area contributed by atoms with Gasteiger partial charge in [0.15, 0.2) is 11.0 Å². The Morgan fingerprint density at radius 2 is 1.91 bits per heavy atom. The zero-order valence-electron chi connectivity index (χ0n) is 19.2. The van der Waals surface area contributed by atoms with E-state index < -0.39 is 11.7 Å². The molecule has 1 saturated heterocycles. The summed E-state index contributed by atoms with van der Waals surface area (Å²) in [6, 6.07) is 5.76. The van der Waals surface area contributed by atoms with Crippen LogP contribution in [0, 0.1) is 12.3 Å². The molecule has 1 aliphatic carbocycles. The third-order valence-corrected chi connectivity index (χ3v) is 8.10. The maximum atomic E-state index is 12.8. The molecule has 5 rings (SSSR count). The van der Waals surface area contributed by atoms with Gasteiger partial charge in [0.05, 0.1) is 17.5 Å². The second-order valence-electron chi connectivity index (χ2n) is 9.38. The average molecular weight is 489 g/mol. The van der Waals surface area contributed by atoms with Crippen LogP contribution in [0.3, 0.4) is 0 Å². The standard InChI is InChI=1S/C24H27F3N6S/c1-16-13-29-20(14-28-16)21-30-31-22(32(21)2)34-11-3-9-33-10-8-23(15-33)12-19(23)17-4-6-18(7-5-17)24(25,26)27/h4-7,13-14,19H,3,8-12,15H2,1-2H3. The van der Waals surface area contributed by atoms with Crippen molar-refractivity contribution >= 4 is 11.8 Å². The van der Waals surface area contributed by atoms with Crippen LogP contribution < -0.4 is 0 Å². The van der Waals surface area contributed by atoms with E-state index >= 15 is 0 Å². The molecule has 10 heteroatoms. The Morgan fingerprint density at radius 1 is 1.12 bits per heavy atom. The number of thioether (sulfide) groups is 1. The van der Waals surface area contributed by atoms with Gasteiger partial charge in [-0.15, -0.1) is 10.2 Å². The first-order valence-corrected chi connectivity index (χ1v) is 12.4. The van der Waals surface area contributed by atoms with E-state index in [1.807, 2.05) is 18.5 Å². The second-order valence-corrected chi connectivity index (χ2v) is 10.4. The van der Waals surface area contributed by atoms with Crippen molar-refractivity contribution in [2.75, 3.05) is 25.4 Å². The predicted molar refractivity (Wildman–Crippen MR) is 124 cm³/mol. The van der Waals surface area contributed by atoms with Crippen LogP contribution in [0.4, 0.5) is 13.2 Å². The molecule has 2 atom stereocenters. The summed E-state index contributed by atoms with van der Waals surface area (Å²) in [5.74, 6) is 2.04. The average Bonchev–Trinajstić information content (AvgIpc) is 3.16. The molecule has 6 nitrogen and oxygen atoms in total. The lowest BCUT2D eigenvalue weighted by Gasteiger charge is -2.16. The molecule has 1 aromatic carbocycles. The quantitative estimate of drug-likeness (QED) is 0.346.